The van der Waals surface area contributed by atoms with Gasteiger partial charge in [0.2, 0.25) is 0 Å². The van der Waals surface area contributed by atoms with Gasteiger partial charge < -0.3 is 15.2 Å². The van der Waals surface area contributed by atoms with Crippen molar-refractivity contribution >= 4 is 28.9 Å². The smallest absolute Gasteiger partial charge is 0.162 e. The molecule has 2 rings (SSSR count). The van der Waals surface area contributed by atoms with Gasteiger partial charge in [0.25, 0.3) is 0 Å². The van der Waals surface area contributed by atoms with Gasteiger partial charge in [-0.25, -0.2) is 0 Å². The molecule has 0 aliphatic heterocycles. The van der Waals surface area contributed by atoms with Crippen LogP contribution in [0, 0.1) is 0 Å². The highest BCUT2D eigenvalue weighted by molar-refractivity contribution is 6.33. The molecule has 0 saturated heterocycles. The molecular formula is C13H12Cl2N2O2. The maximum Gasteiger partial charge on any atom is 0.162 e. The molecule has 1 aromatic heterocycles. The zero-order valence-electron chi connectivity index (χ0n) is 10.2. The van der Waals surface area contributed by atoms with Crippen molar-refractivity contribution in [3.63, 3.8) is 0 Å². The molecule has 0 bridgehead atoms. The number of nitrogens with one attached hydrogen (secondary N) is 1. The summed E-state index contributed by atoms with van der Waals surface area (Å²) in [6.07, 6.45) is 3.22. The lowest BCUT2D eigenvalue weighted by Gasteiger charge is -2.12. The largest absolute Gasteiger partial charge is 0.504 e. The second kappa shape index (κ2) is 5.99. The Morgan fingerprint density at radius 3 is 2.84 bits per heavy atom. The van der Waals surface area contributed by atoms with Crippen molar-refractivity contribution in [1.29, 1.82) is 0 Å². The van der Waals surface area contributed by atoms with Crippen molar-refractivity contribution < 1.29 is 9.84 Å². The van der Waals surface area contributed by atoms with Crippen LogP contribution in [0.3, 0.4) is 0 Å². The number of aromatic nitrogens is 1. The summed E-state index contributed by atoms with van der Waals surface area (Å²) in [5.41, 5.74) is 1.30. The fraction of sp³-hybridized carbons (Fsp3) is 0.154. The zero-order valence-corrected chi connectivity index (χ0v) is 11.7. The highest BCUT2D eigenvalue weighted by Crippen LogP contribution is 2.34. The minimum absolute atomic E-state index is 0.0550. The first-order valence-electron chi connectivity index (χ1n) is 5.50. The number of phenolic OH excluding ortho intramolecular Hbond substituents is 1. The molecule has 2 aromatic rings. The molecule has 6 heteroatoms. The van der Waals surface area contributed by atoms with Crippen molar-refractivity contribution in [2.75, 3.05) is 12.4 Å². The molecule has 0 spiro atoms. The molecule has 0 fully saturated rings. The highest BCUT2D eigenvalue weighted by Gasteiger charge is 2.10. The number of hydrogen-bond acceptors (Lipinski definition) is 4. The first-order valence-corrected chi connectivity index (χ1v) is 6.26. The van der Waals surface area contributed by atoms with Crippen LogP contribution in [0.15, 0.2) is 30.6 Å². The Labute approximate surface area is 121 Å². The average Bonchev–Trinajstić information content (AvgIpc) is 2.41. The van der Waals surface area contributed by atoms with Crippen molar-refractivity contribution in [3.8, 4) is 11.5 Å². The summed E-state index contributed by atoms with van der Waals surface area (Å²) < 4.78 is 5.04. The standard InChI is InChI=1S/C13H12Cl2N2O2/c1-19-12-5-9(14)4-8(13(12)18)6-17-11-7-16-3-2-10(11)15/h2-5,7,17-18H,6H2,1H3. The van der Waals surface area contributed by atoms with Crippen LogP contribution >= 0.6 is 23.2 Å². The van der Waals surface area contributed by atoms with E-state index in [-0.39, 0.29) is 5.75 Å². The molecule has 4 nitrogen and oxygen atoms in total. The fourth-order valence-corrected chi connectivity index (χ4v) is 2.02. The van der Waals surface area contributed by atoms with Gasteiger partial charge in [-0.1, -0.05) is 23.2 Å². The Bertz CT molecular complexity index is 591. The predicted octanol–water partition coefficient (Wildman–Crippen LogP) is 3.71. The minimum atomic E-state index is 0.0550. The average molecular weight is 299 g/mol. The number of rotatable bonds is 4. The summed E-state index contributed by atoms with van der Waals surface area (Å²) in [7, 11) is 1.47. The van der Waals surface area contributed by atoms with Gasteiger partial charge in [0, 0.05) is 29.4 Å². The Hall–Kier alpha value is -1.65. The van der Waals surface area contributed by atoms with Crippen LogP contribution in [-0.4, -0.2) is 17.2 Å². The van der Waals surface area contributed by atoms with Gasteiger partial charge in [-0.2, -0.15) is 0 Å². The number of halogens is 2. The number of phenols is 1. The number of anilines is 1. The number of methoxy groups -OCH3 is 1. The first-order chi connectivity index (χ1) is 9.11. The van der Waals surface area contributed by atoms with E-state index in [1.165, 1.54) is 7.11 Å². The van der Waals surface area contributed by atoms with Crippen molar-refractivity contribution in [1.82, 2.24) is 4.98 Å². The quantitative estimate of drug-likeness (QED) is 0.903. The molecule has 0 aliphatic rings. The molecule has 100 valence electrons. The van der Waals surface area contributed by atoms with Gasteiger partial charge in [0.05, 0.1) is 24.0 Å². The van der Waals surface area contributed by atoms with E-state index in [4.69, 9.17) is 27.9 Å². The molecule has 2 N–H and O–H groups in total. The van der Waals surface area contributed by atoms with Crippen molar-refractivity contribution in [3.05, 3.63) is 46.2 Å². The van der Waals surface area contributed by atoms with Gasteiger partial charge in [-0.15, -0.1) is 0 Å². The third kappa shape index (κ3) is 3.22. The van der Waals surface area contributed by atoms with E-state index in [9.17, 15) is 5.11 Å². The molecule has 1 heterocycles. The van der Waals surface area contributed by atoms with Gasteiger partial charge in [-0.05, 0) is 12.1 Å². The molecule has 0 saturated carbocycles. The van der Waals surface area contributed by atoms with Crippen molar-refractivity contribution in [2.45, 2.75) is 6.54 Å². The lowest BCUT2D eigenvalue weighted by atomic mass is 10.2. The molecule has 0 radical (unpaired) electrons. The van der Waals surface area contributed by atoms with E-state index in [2.05, 4.69) is 10.3 Å². The Morgan fingerprint density at radius 2 is 2.16 bits per heavy atom. The number of pyridine rings is 1. The summed E-state index contributed by atoms with van der Waals surface area (Å²) in [5.74, 6) is 0.390. The van der Waals surface area contributed by atoms with E-state index in [1.807, 2.05) is 0 Å². The Morgan fingerprint density at radius 1 is 1.37 bits per heavy atom. The van der Waals surface area contributed by atoms with E-state index in [0.29, 0.717) is 33.6 Å². The molecule has 1 aromatic carbocycles. The van der Waals surface area contributed by atoms with Crippen LogP contribution < -0.4 is 10.1 Å². The topological polar surface area (TPSA) is 54.4 Å². The van der Waals surface area contributed by atoms with Crippen molar-refractivity contribution in [2.24, 2.45) is 0 Å². The maximum atomic E-state index is 9.99. The Balaban J connectivity index is 2.20. The second-order valence-corrected chi connectivity index (χ2v) is 4.67. The number of benzene rings is 1. The van der Waals surface area contributed by atoms with Crippen LogP contribution in [0.25, 0.3) is 0 Å². The number of ether oxygens (including phenoxy) is 1. The summed E-state index contributed by atoms with van der Waals surface area (Å²) in [5, 5.41) is 14.1. The van der Waals surface area contributed by atoms with Crippen LogP contribution in [0.1, 0.15) is 5.56 Å². The van der Waals surface area contributed by atoms with E-state index >= 15 is 0 Å². The predicted molar refractivity (Wildman–Crippen MR) is 76.2 cm³/mol. The Kier molecular flexibility index (Phi) is 4.35. The van der Waals surface area contributed by atoms with Gasteiger partial charge >= 0.3 is 0 Å². The zero-order chi connectivity index (χ0) is 13.8. The van der Waals surface area contributed by atoms with Crippen LogP contribution in [0.4, 0.5) is 5.69 Å². The lowest BCUT2D eigenvalue weighted by Crippen LogP contribution is -2.01. The minimum Gasteiger partial charge on any atom is -0.504 e. The summed E-state index contributed by atoms with van der Waals surface area (Å²) in [6, 6.07) is 4.90. The van der Waals surface area contributed by atoms with E-state index < -0.39 is 0 Å². The molecule has 0 atom stereocenters. The summed E-state index contributed by atoms with van der Waals surface area (Å²) in [4.78, 5) is 3.97. The first kappa shape index (κ1) is 13.8. The molecule has 0 aliphatic carbocycles. The second-order valence-electron chi connectivity index (χ2n) is 3.82. The van der Waals surface area contributed by atoms with Crippen LogP contribution in [0.2, 0.25) is 10.0 Å². The molecule has 0 amide bonds. The van der Waals surface area contributed by atoms with Gasteiger partial charge in [0.1, 0.15) is 0 Å². The van der Waals surface area contributed by atoms with E-state index in [0.717, 1.165) is 0 Å². The summed E-state index contributed by atoms with van der Waals surface area (Å²) >= 11 is 12.0. The third-order valence-corrected chi connectivity index (χ3v) is 3.12. The number of aromatic hydroxyl groups is 1. The summed E-state index contributed by atoms with van der Waals surface area (Å²) in [6.45, 7) is 0.355. The molecule has 19 heavy (non-hydrogen) atoms. The molecular weight excluding hydrogens is 287 g/mol. The normalized spacial score (nSPS) is 10.3. The monoisotopic (exact) mass is 298 g/mol. The van der Waals surface area contributed by atoms with Gasteiger partial charge in [0.15, 0.2) is 11.5 Å². The van der Waals surface area contributed by atoms with E-state index in [1.54, 1.807) is 30.6 Å². The highest BCUT2D eigenvalue weighted by atomic mass is 35.5. The maximum absolute atomic E-state index is 9.99. The molecule has 0 unspecified atom stereocenters. The third-order valence-electron chi connectivity index (χ3n) is 2.58. The fourth-order valence-electron chi connectivity index (χ4n) is 1.62. The number of nitrogens with zero attached hydrogens (tertiary/aromatic N) is 1. The van der Waals surface area contributed by atoms with Crippen LogP contribution in [0.5, 0.6) is 11.5 Å². The van der Waals surface area contributed by atoms with Gasteiger partial charge in [-0.3, -0.25) is 4.98 Å². The number of hydrogen-bond donors (Lipinski definition) is 2. The SMILES string of the molecule is COc1cc(Cl)cc(CNc2cnccc2Cl)c1O. The lowest BCUT2D eigenvalue weighted by molar-refractivity contribution is 0.371. The van der Waals surface area contributed by atoms with Crippen LogP contribution in [-0.2, 0) is 6.54 Å².